The molecule has 0 amide bonds. The summed E-state index contributed by atoms with van der Waals surface area (Å²) in [5.74, 6) is 1.20. The van der Waals surface area contributed by atoms with Crippen LogP contribution in [-0.2, 0) is 6.54 Å². The molecule has 0 aliphatic heterocycles. The fraction of sp³-hybridized carbons (Fsp3) is 0.545. The maximum absolute atomic E-state index is 9.00. The molecule has 0 aliphatic carbocycles. The molecule has 7 nitrogen and oxygen atoms in total. The van der Waals surface area contributed by atoms with Gasteiger partial charge >= 0.3 is 0 Å². The number of aromatic nitrogens is 4. The Morgan fingerprint density at radius 3 is 2.67 bits per heavy atom. The second-order valence-electron chi connectivity index (χ2n) is 3.90. The van der Waals surface area contributed by atoms with Crippen molar-refractivity contribution in [2.45, 2.75) is 20.4 Å². The zero-order chi connectivity index (χ0) is 13.1. The quantitative estimate of drug-likeness (QED) is 0.790. The lowest BCUT2D eigenvalue weighted by Gasteiger charge is -2.20. The number of hydrogen-bond donors (Lipinski definition) is 2. The Labute approximate surface area is 105 Å². The second kappa shape index (κ2) is 5.18. The number of nitrogen functional groups attached to an aromatic ring is 1. The lowest BCUT2D eigenvalue weighted by atomic mass is 10.3. The summed E-state index contributed by atoms with van der Waals surface area (Å²) in [6.45, 7) is 6.18. The zero-order valence-electron chi connectivity index (χ0n) is 10.7. The molecule has 0 saturated heterocycles. The van der Waals surface area contributed by atoms with Crippen LogP contribution < -0.4 is 10.6 Å². The number of anilines is 2. The van der Waals surface area contributed by atoms with Crippen LogP contribution in [0.5, 0.6) is 0 Å². The van der Waals surface area contributed by atoms with Crippen LogP contribution in [0.4, 0.5) is 11.6 Å². The number of nitrogens with zero attached hydrogens (tertiary/aromatic N) is 5. The van der Waals surface area contributed by atoms with Crippen molar-refractivity contribution in [3.05, 3.63) is 6.33 Å². The molecule has 2 aromatic rings. The van der Waals surface area contributed by atoms with E-state index in [1.807, 2.05) is 0 Å². The first-order valence-electron chi connectivity index (χ1n) is 6.05. The smallest absolute Gasteiger partial charge is 0.165 e. The predicted molar refractivity (Wildman–Crippen MR) is 70.4 cm³/mol. The largest absolute Gasteiger partial charge is 0.394 e. The number of nitrogens with two attached hydrogens (primary N) is 1. The third-order valence-electron chi connectivity index (χ3n) is 2.91. The molecular formula is C11H18N6O. The molecular weight excluding hydrogens is 232 g/mol. The summed E-state index contributed by atoms with van der Waals surface area (Å²) in [7, 11) is 0. The number of aliphatic hydroxyl groups excluding tert-OH is 1. The minimum Gasteiger partial charge on any atom is -0.394 e. The first kappa shape index (κ1) is 12.6. The van der Waals surface area contributed by atoms with Crippen molar-refractivity contribution >= 4 is 22.7 Å². The van der Waals surface area contributed by atoms with E-state index < -0.39 is 0 Å². The van der Waals surface area contributed by atoms with Crippen molar-refractivity contribution in [2.24, 2.45) is 0 Å². The van der Waals surface area contributed by atoms with Crippen LogP contribution in [0.15, 0.2) is 6.33 Å². The van der Waals surface area contributed by atoms with E-state index in [9.17, 15) is 0 Å². The molecule has 0 unspecified atom stereocenters. The van der Waals surface area contributed by atoms with Crippen LogP contribution in [-0.4, -0.2) is 44.6 Å². The van der Waals surface area contributed by atoms with Gasteiger partial charge in [0, 0.05) is 13.1 Å². The molecule has 2 aromatic heterocycles. The number of hydrogen-bond acceptors (Lipinski definition) is 6. The minimum absolute atomic E-state index is 0.000819. The average Bonchev–Trinajstić information content (AvgIpc) is 2.69. The van der Waals surface area contributed by atoms with Crippen LogP contribution in [0.25, 0.3) is 11.0 Å². The molecule has 2 rings (SSSR count). The van der Waals surface area contributed by atoms with Gasteiger partial charge in [0.1, 0.15) is 17.5 Å². The monoisotopic (exact) mass is 250 g/mol. The highest BCUT2D eigenvalue weighted by atomic mass is 16.3. The molecule has 0 bridgehead atoms. The van der Waals surface area contributed by atoms with Gasteiger partial charge in [-0.1, -0.05) is 0 Å². The van der Waals surface area contributed by atoms with Crippen molar-refractivity contribution in [1.29, 1.82) is 0 Å². The fourth-order valence-corrected chi connectivity index (χ4v) is 2.03. The SMILES string of the molecule is CCN(CC)c1ncnc2c1c(N)nn2CCO. The normalized spacial score (nSPS) is 11.1. The van der Waals surface area contributed by atoms with E-state index in [1.165, 1.54) is 6.33 Å². The van der Waals surface area contributed by atoms with Crippen molar-refractivity contribution in [3.63, 3.8) is 0 Å². The molecule has 3 N–H and O–H groups in total. The van der Waals surface area contributed by atoms with E-state index in [0.717, 1.165) is 24.3 Å². The Morgan fingerprint density at radius 2 is 2.06 bits per heavy atom. The summed E-state index contributed by atoms with van der Waals surface area (Å²) >= 11 is 0. The van der Waals surface area contributed by atoms with Crippen molar-refractivity contribution in [2.75, 3.05) is 30.3 Å². The Kier molecular flexibility index (Phi) is 3.61. The van der Waals surface area contributed by atoms with Gasteiger partial charge in [-0.15, -0.1) is 0 Å². The maximum Gasteiger partial charge on any atom is 0.165 e. The van der Waals surface area contributed by atoms with Gasteiger partial charge in [0.05, 0.1) is 13.2 Å². The van der Waals surface area contributed by atoms with Crippen molar-refractivity contribution < 1.29 is 5.11 Å². The van der Waals surface area contributed by atoms with Gasteiger partial charge in [-0.25, -0.2) is 14.6 Å². The minimum atomic E-state index is 0.000819. The highest BCUT2D eigenvalue weighted by Crippen LogP contribution is 2.27. The van der Waals surface area contributed by atoms with Crippen LogP contribution in [0.3, 0.4) is 0 Å². The standard InChI is InChI=1S/C11H18N6O/c1-3-16(4-2)10-8-9(12)15-17(5-6-18)11(8)14-7-13-10/h7,18H,3-6H2,1-2H3,(H2,12,15). The van der Waals surface area contributed by atoms with Crippen molar-refractivity contribution in [1.82, 2.24) is 19.7 Å². The molecule has 98 valence electrons. The van der Waals surface area contributed by atoms with Gasteiger partial charge in [0.15, 0.2) is 11.5 Å². The summed E-state index contributed by atoms with van der Waals surface area (Å²) in [5.41, 5.74) is 6.60. The van der Waals surface area contributed by atoms with Gasteiger partial charge < -0.3 is 15.7 Å². The van der Waals surface area contributed by atoms with Crippen molar-refractivity contribution in [3.8, 4) is 0 Å². The summed E-state index contributed by atoms with van der Waals surface area (Å²) in [6.07, 6.45) is 1.50. The molecule has 0 aromatic carbocycles. The second-order valence-corrected chi connectivity index (χ2v) is 3.90. The van der Waals surface area contributed by atoms with Gasteiger partial charge in [0.25, 0.3) is 0 Å². The Morgan fingerprint density at radius 1 is 1.33 bits per heavy atom. The summed E-state index contributed by atoms with van der Waals surface area (Å²) in [6, 6.07) is 0. The van der Waals surface area contributed by atoms with Gasteiger partial charge in [-0.3, -0.25) is 0 Å². The van der Waals surface area contributed by atoms with Crippen LogP contribution in [0.2, 0.25) is 0 Å². The van der Waals surface area contributed by atoms with Crippen LogP contribution in [0.1, 0.15) is 13.8 Å². The first-order valence-corrected chi connectivity index (χ1v) is 6.05. The Bertz CT molecular complexity index is 534. The lowest BCUT2D eigenvalue weighted by Crippen LogP contribution is -2.23. The fourth-order valence-electron chi connectivity index (χ4n) is 2.03. The third kappa shape index (κ3) is 1.97. The lowest BCUT2D eigenvalue weighted by molar-refractivity contribution is 0.271. The van der Waals surface area contributed by atoms with E-state index >= 15 is 0 Å². The highest BCUT2D eigenvalue weighted by molar-refractivity contribution is 5.96. The van der Waals surface area contributed by atoms with E-state index in [0.29, 0.717) is 18.0 Å². The Hall–Kier alpha value is -1.89. The average molecular weight is 250 g/mol. The van der Waals surface area contributed by atoms with Gasteiger partial charge in [-0.05, 0) is 13.8 Å². The molecule has 0 fully saturated rings. The molecule has 0 spiro atoms. The molecule has 0 atom stereocenters. The third-order valence-corrected chi connectivity index (χ3v) is 2.91. The van der Waals surface area contributed by atoms with Crippen LogP contribution in [0, 0.1) is 0 Å². The highest BCUT2D eigenvalue weighted by Gasteiger charge is 2.17. The number of fused-ring (bicyclic) bond motifs is 1. The summed E-state index contributed by atoms with van der Waals surface area (Å²) in [5, 5.41) is 14.0. The molecule has 2 heterocycles. The molecule has 18 heavy (non-hydrogen) atoms. The van der Waals surface area contributed by atoms with Gasteiger partial charge in [-0.2, -0.15) is 5.10 Å². The summed E-state index contributed by atoms with van der Waals surface area (Å²) < 4.78 is 1.61. The topological polar surface area (TPSA) is 93.1 Å². The number of rotatable bonds is 5. The Balaban J connectivity index is 2.62. The van der Waals surface area contributed by atoms with E-state index in [4.69, 9.17) is 10.8 Å². The van der Waals surface area contributed by atoms with E-state index in [1.54, 1.807) is 4.68 Å². The molecule has 7 heteroatoms. The zero-order valence-corrected chi connectivity index (χ0v) is 10.7. The molecule has 0 saturated carbocycles. The van der Waals surface area contributed by atoms with E-state index in [2.05, 4.69) is 33.8 Å². The van der Waals surface area contributed by atoms with Gasteiger partial charge in [0.2, 0.25) is 0 Å². The molecule has 0 radical (unpaired) electrons. The number of aliphatic hydroxyl groups is 1. The maximum atomic E-state index is 9.00. The summed E-state index contributed by atoms with van der Waals surface area (Å²) in [4.78, 5) is 10.6. The van der Waals surface area contributed by atoms with E-state index in [-0.39, 0.29) is 6.61 Å². The van der Waals surface area contributed by atoms with Crippen LogP contribution >= 0.6 is 0 Å². The predicted octanol–water partition coefficient (Wildman–Crippen LogP) is 0.247. The molecule has 0 aliphatic rings. The first-order chi connectivity index (χ1) is 8.72.